The van der Waals surface area contributed by atoms with Crippen molar-refractivity contribution in [3.05, 3.63) is 23.2 Å². The molecule has 126 valence electrons. The molecule has 1 aliphatic carbocycles. The number of ether oxygens (including phenoxy) is 2. The van der Waals surface area contributed by atoms with Gasteiger partial charge >= 0.3 is 6.03 Å². The second kappa shape index (κ2) is 7.41. The van der Waals surface area contributed by atoms with Crippen LogP contribution in [0.1, 0.15) is 25.7 Å². The average molecular weight is 339 g/mol. The monoisotopic (exact) mass is 338 g/mol. The van der Waals surface area contributed by atoms with Crippen molar-refractivity contribution in [2.75, 3.05) is 32.2 Å². The summed E-state index contributed by atoms with van der Waals surface area (Å²) in [5, 5.41) is 3.49. The first-order valence-electron chi connectivity index (χ1n) is 8.17. The zero-order valence-corrected chi connectivity index (χ0v) is 14.1. The van der Waals surface area contributed by atoms with Gasteiger partial charge in [0.15, 0.2) is 0 Å². The number of hydrogen-bond donors (Lipinski definition) is 1. The maximum Gasteiger partial charge on any atom is 0.321 e. The largest absolute Gasteiger partial charge is 0.491 e. The lowest BCUT2D eigenvalue weighted by molar-refractivity contribution is 0.166. The number of nitrogens with zero attached hydrogens (tertiary/aromatic N) is 1. The summed E-state index contributed by atoms with van der Waals surface area (Å²) in [5.41, 5.74) is 0.618. The Labute approximate surface area is 141 Å². The second-order valence-electron chi connectivity index (χ2n) is 6.31. The summed E-state index contributed by atoms with van der Waals surface area (Å²) in [6.45, 7) is 2.12. The molecular formula is C17H23ClN2O3. The van der Waals surface area contributed by atoms with Gasteiger partial charge in [-0.15, -0.1) is 0 Å². The number of carbonyl (C=O) groups excluding carboxylic acids is 1. The van der Waals surface area contributed by atoms with Crippen LogP contribution >= 0.6 is 11.6 Å². The Hall–Kier alpha value is -1.46. The lowest BCUT2D eigenvalue weighted by atomic mass is 9.92. The summed E-state index contributed by atoms with van der Waals surface area (Å²) in [5.74, 6) is 1.06. The number of amides is 2. The minimum Gasteiger partial charge on any atom is -0.491 e. The minimum absolute atomic E-state index is 0.119. The van der Waals surface area contributed by atoms with Crippen LogP contribution in [0.3, 0.4) is 0 Å². The minimum atomic E-state index is -0.119. The van der Waals surface area contributed by atoms with E-state index in [4.69, 9.17) is 21.1 Å². The summed E-state index contributed by atoms with van der Waals surface area (Å²) in [6, 6.07) is 5.53. The molecule has 0 aromatic heterocycles. The molecule has 23 heavy (non-hydrogen) atoms. The highest BCUT2D eigenvalue weighted by Crippen LogP contribution is 2.30. The molecule has 1 aliphatic heterocycles. The van der Waals surface area contributed by atoms with Crippen LogP contribution in [0.2, 0.25) is 5.02 Å². The van der Waals surface area contributed by atoms with Gasteiger partial charge in [0.2, 0.25) is 0 Å². The molecule has 0 unspecified atom stereocenters. The summed E-state index contributed by atoms with van der Waals surface area (Å²) in [6.07, 6.45) is 4.35. The van der Waals surface area contributed by atoms with Crippen molar-refractivity contribution < 1.29 is 14.3 Å². The van der Waals surface area contributed by atoms with Crippen LogP contribution in [-0.4, -0.2) is 43.8 Å². The van der Waals surface area contributed by atoms with E-state index in [1.54, 1.807) is 23.1 Å². The summed E-state index contributed by atoms with van der Waals surface area (Å²) in [7, 11) is 1.83. The molecule has 1 saturated carbocycles. The number of nitrogens with one attached hydrogen (secondary N) is 1. The van der Waals surface area contributed by atoms with Crippen LogP contribution < -0.4 is 10.1 Å². The van der Waals surface area contributed by atoms with E-state index >= 15 is 0 Å². The molecule has 1 atom stereocenters. The molecule has 3 rings (SSSR count). The predicted octanol–water partition coefficient (Wildman–Crippen LogP) is 3.77. The number of urea groups is 1. The number of anilines is 1. The maximum atomic E-state index is 12.4. The third-order valence-corrected chi connectivity index (χ3v) is 4.86. The summed E-state index contributed by atoms with van der Waals surface area (Å²) >= 11 is 6.07. The molecule has 1 heterocycles. The Morgan fingerprint density at radius 2 is 2.26 bits per heavy atom. The predicted molar refractivity (Wildman–Crippen MR) is 90.3 cm³/mol. The number of rotatable bonds is 5. The highest BCUT2D eigenvalue weighted by molar-refractivity contribution is 6.31. The summed E-state index contributed by atoms with van der Waals surface area (Å²) in [4.78, 5) is 14.1. The van der Waals surface area contributed by atoms with Gasteiger partial charge in [-0.2, -0.15) is 0 Å². The molecular weight excluding hydrogens is 316 g/mol. The molecule has 2 aliphatic rings. The van der Waals surface area contributed by atoms with Crippen molar-refractivity contribution in [1.29, 1.82) is 0 Å². The van der Waals surface area contributed by atoms with E-state index in [0.29, 0.717) is 35.0 Å². The van der Waals surface area contributed by atoms with Gasteiger partial charge in [0.1, 0.15) is 5.75 Å². The first-order chi connectivity index (χ1) is 11.1. The zero-order valence-electron chi connectivity index (χ0n) is 13.4. The van der Waals surface area contributed by atoms with Gasteiger partial charge in [-0.1, -0.05) is 11.6 Å². The number of hydrogen-bond acceptors (Lipinski definition) is 3. The van der Waals surface area contributed by atoms with Gasteiger partial charge in [-0.3, -0.25) is 0 Å². The molecule has 0 bridgehead atoms. The van der Waals surface area contributed by atoms with Crippen LogP contribution in [0, 0.1) is 5.92 Å². The Balaban J connectivity index is 1.64. The fraction of sp³-hybridized carbons (Fsp3) is 0.588. The number of halogens is 1. The zero-order chi connectivity index (χ0) is 16.2. The van der Waals surface area contributed by atoms with Crippen LogP contribution in [0.25, 0.3) is 0 Å². The van der Waals surface area contributed by atoms with E-state index in [0.717, 1.165) is 32.5 Å². The van der Waals surface area contributed by atoms with Crippen LogP contribution in [0.5, 0.6) is 5.75 Å². The summed E-state index contributed by atoms with van der Waals surface area (Å²) < 4.78 is 11.2. The van der Waals surface area contributed by atoms with Crippen LogP contribution in [0.4, 0.5) is 10.5 Å². The van der Waals surface area contributed by atoms with Gasteiger partial charge in [-0.05, 0) is 43.9 Å². The van der Waals surface area contributed by atoms with E-state index in [-0.39, 0.29) is 6.03 Å². The van der Waals surface area contributed by atoms with Crippen molar-refractivity contribution in [2.24, 2.45) is 5.92 Å². The molecule has 1 aromatic rings. The smallest absolute Gasteiger partial charge is 0.321 e. The molecule has 2 amide bonds. The van der Waals surface area contributed by atoms with E-state index in [1.807, 2.05) is 7.05 Å². The van der Waals surface area contributed by atoms with Gasteiger partial charge in [0.25, 0.3) is 0 Å². The lowest BCUT2D eigenvalue weighted by Crippen LogP contribution is -2.43. The molecule has 1 aromatic carbocycles. The lowest BCUT2D eigenvalue weighted by Gasteiger charge is -2.34. The molecule has 1 N–H and O–H groups in total. The third-order valence-electron chi connectivity index (χ3n) is 4.62. The molecule has 1 saturated heterocycles. The van der Waals surface area contributed by atoms with Gasteiger partial charge < -0.3 is 19.7 Å². The quantitative estimate of drug-likeness (QED) is 0.889. The first kappa shape index (κ1) is 16.4. The number of benzene rings is 1. The molecule has 5 nitrogen and oxygen atoms in total. The highest BCUT2D eigenvalue weighted by atomic mass is 35.5. The van der Waals surface area contributed by atoms with E-state index < -0.39 is 0 Å². The Kier molecular flexibility index (Phi) is 5.28. The van der Waals surface area contributed by atoms with Crippen LogP contribution in [0.15, 0.2) is 18.2 Å². The maximum absolute atomic E-state index is 12.4. The Bertz CT molecular complexity index is 557. The van der Waals surface area contributed by atoms with Crippen molar-refractivity contribution in [3.63, 3.8) is 0 Å². The molecule has 0 spiro atoms. The third kappa shape index (κ3) is 4.09. The second-order valence-corrected chi connectivity index (χ2v) is 6.74. The fourth-order valence-electron chi connectivity index (χ4n) is 2.79. The van der Waals surface area contributed by atoms with E-state index in [2.05, 4.69) is 5.32 Å². The molecule has 6 heteroatoms. The van der Waals surface area contributed by atoms with Crippen LogP contribution in [-0.2, 0) is 4.74 Å². The van der Waals surface area contributed by atoms with Gasteiger partial charge in [0.05, 0.1) is 18.9 Å². The van der Waals surface area contributed by atoms with Gasteiger partial charge in [-0.25, -0.2) is 4.79 Å². The Morgan fingerprint density at radius 1 is 1.43 bits per heavy atom. The normalized spacial score (nSPS) is 20.9. The fourth-order valence-corrected chi connectivity index (χ4v) is 2.96. The van der Waals surface area contributed by atoms with Crippen molar-refractivity contribution in [3.8, 4) is 5.75 Å². The standard InChI is InChI=1S/C17H23ClN2O3/c1-20(14-3-2-4-14)17(21)19-15-9-13(18)5-6-16(15)23-11-12-7-8-22-10-12/h5-6,9,12,14H,2-4,7-8,10-11H2,1H3,(H,19,21)/t12-/m0/s1. The van der Waals surface area contributed by atoms with Crippen molar-refractivity contribution in [2.45, 2.75) is 31.7 Å². The topological polar surface area (TPSA) is 50.8 Å². The van der Waals surface area contributed by atoms with E-state index in [9.17, 15) is 4.79 Å². The van der Waals surface area contributed by atoms with E-state index in [1.165, 1.54) is 6.42 Å². The first-order valence-corrected chi connectivity index (χ1v) is 8.55. The highest BCUT2D eigenvalue weighted by Gasteiger charge is 2.26. The number of carbonyl (C=O) groups is 1. The van der Waals surface area contributed by atoms with Gasteiger partial charge in [0, 0.05) is 30.6 Å². The SMILES string of the molecule is CN(C(=O)Nc1cc(Cl)ccc1OC[C@H]1CCOC1)C1CCC1. The van der Waals surface area contributed by atoms with Crippen molar-refractivity contribution in [1.82, 2.24) is 4.90 Å². The Morgan fingerprint density at radius 3 is 2.91 bits per heavy atom. The molecule has 0 radical (unpaired) electrons. The van der Waals surface area contributed by atoms with Crippen molar-refractivity contribution >= 4 is 23.3 Å². The molecule has 2 fully saturated rings. The average Bonchev–Trinajstić information content (AvgIpc) is 2.98.